The van der Waals surface area contributed by atoms with Crippen LogP contribution in [-0.4, -0.2) is 6.71 Å². The van der Waals surface area contributed by atoms with E-state index in [4.69, 9.17) is 13.9 Å². The van der Waals surface area contributed by atoms with E-state index in [1.807, 2.05) is 36.4 Å². The Bertz CT molecular complexity index is 2750. The van der Waals surface area contributed by atoms with Gasteiger partial charge >= 0.3 is 0 Å². The van der Waals surface area contributed by atoms with Crippen LogP contribution in [0, 0.1) is 0 Å². The summed E-state index contributed by atoms with van der Waals surface area (Å²) in [4.78, 5) is 2.30. The van der Waals surface area contributed by atoms with E-state index < -0.39 is 0 Å². The lowest BCUT2D eigenvalue weighted by atomic mass is 9.35. The largest absolute Gasteiger partial charge is 0.458 e. The molecule has 0 saturated heterocycles. The average molecular weight is 680 g/mol. The fraction of sp³-hybridized carbons (Fsp3) is 0. The Hall–Kier alpha value is -6.98. The quantitative estimate of drug-likeness (QED) is 0.170. The highest BCUT2D eigenvalue weighted by atomic mass is 16.5. The molecule has 0 unspecified atom stereocenters. The molecule has 1 aromatic heterocycles. The summed E-state index contributed by atoms with van der Waals surface area (Å²) >= 11 is 0. The molecule has 0 bridgehead atoms. The number of para-hydroxylation sites is 1. The normalized spacial score (nSPS) is 12.4. The van der Waals surface area contributed by atoms with E-state index in [0.717, 1.165) is 78.4 Å². The molecular formula is C48H30BNO3. The van der Waals surface area contributed by atoms with Gasteiger partial charge in [0, 0.05) is 45.4 Å². The van der Waals surface area contributed by atoms with E-state index in [-0.39, 0.29) is 6.71 Å². The van der Waals surface area contributed by atoms with E-state index in [0.29, 0.717) is 0 Å². The minimum absolute atomic E-state index is 0.0652. The molecule has 8 aromatic carbocycles. The molecule has 0 atom stereocenters. The van der Waals surface area contributed by atoms with Crippen LogP contribution in [0.5, 0.6) is 23.0 Å². The molecule has 0 amide bonds. The van der Waals surface area contributed by atoms with Crippen LogP contribution in [0.15, 0.2) is 186 Å². The van der Waals surface area contributed by atoms with Gasteiger partial charge in [0.05, 0.1) is 0 Å². The molecule has 0 N–H and O–H groups in total. The predicted molar refractivity (Wildman–Crippen MR) is 217 cm³/mol. The Morgan fingerprint density at radius 2 is 0.906 bits per heavy atom. The zero-order chi connectivity index (χ0) is 34.9. The second-order valence-electron chi connectivity index (χ2n) is 13.7. The van der Waals surface area contributed by atoms with Crippen molar-refractivity contribution in [2.24, 2.45) is 0 Å². The highest BCUT2D eigenvalue weighted by molar-refractivity contribution is 6.98. The SMILES string of the molecule is c1ccc(-c2ccc(N(c3ccc(-c4ccccc4)cc3)c3ccc4c(c3)Oc3cccc5c3B4c3cc4c(cc3O5)oc3ccccc34)cc2)cc1. The topological polar surface area (TPSA) is 34.8 Å². The molecule has 2 aliphatic rings. The van der Waals surface area contributed by atoms with Gasteiger partial charge < -0.3 is 18.8 Å². The standard InChI is InChI=1S/C48H30BNO3/c1-3-10-31(11-4-1)33-18-22-35(23-19-33)50(36-24-20-34(21-25-36)32-12-5-2-6-13-32)37-26-27-40-46(28-37)52-43-16-9-17-44-48(43)49(40)41-29-39-38-14-7-8-15-42(38)51-45(39)30-47(41)53-44/h1-30H. The number of rotatable bonds is 5. The van der Waals surface area contributed by atoms with Crippen LogP contribution in [0.3, 0.4) is 0 Å². The molecular weight excluding hydrogens is 649 g/mol. The minimum Gasteiger partial charge on any atom is -0.458 e. The van der Waals surface area contributed by atoms with Gasteiger partial charge in [0.2, 0.25) is 0 Å². The molecule has 0 radical (unpaired) electrons. The third-order valence-corrected chi connectivity index (χ3v) is 10.6. The van der Waals surface area contributed by atoms with Crippen molar-refractivity contribution in [2.45, 2.75) is 0 Å². The number of benzene rings is 8. The first-order valence-corrected chi connectivity index (χ1v) is 17.9. The van der Waals surface area contributed by atoms with Crippen LogP contribution in [0.1, 0.15) is 0 Å². The lowest BCUT2D eigenvalue weighted by Gasteiger charge is -2.34. The van der Waals surface area contributed by atoms with Gasteiger partial charge in [0.15, 0.2) is 0 Å². The molecule has 2 aliphatic heterocycles. The van der Waals surface area contributed by atoms with E-state index in [1.54, 1.807) is 0 Å². The summed E-state index contributed by atoms with van der Waals surface area (Å²) in [5, 5.41) is 2.18. The van der Waals surface area contributed by atoms with Crippen LogP contribution < -0.4 is 30.8 Å². The fourth-order valence-electron chi connectivity index (χ4n) is 8.09. The molecule has 5 heteroatoms. The van der Waals surface area contributed by atoms with Gasteiger partial charge in [-0.2, -0.15) is 0 Å². The monoisotopic (exact) mass is 679 g/mol. The molecule has 0 aliphatic carbocycles. The first-order valence-electron chi connectivity index (χ1n) is 17.9. The number of hydrogen-bond donors (Lipinski definition) is 0. The maximum absolute atomic E-state index is 6.77. The zero-order valence-corrected chi connectivity index (χ0v) is 28.6. The summed E-state index contributed by atoms with van der Waals surface area (Å²) in [6.45, 7) is -0.0652. The van der Waals surface area contributed by atoms with Gasteiger partial charge in [0.1, 0.15) is 34.2 Å². The lowest BCUT2D eigenvalue weighted by molar-refractivity contribution is 0.464. The number of fused-ring (bicyclic) bond motifs is 7. The Labute approximate surface area is 307 Å². The summed E-state index contributed by atoms with van der Waals surface area (Å²) in [5.74, 6) is 3.26. The third-order valence-electron chi connectivity index (χ3n) is 10.6. The van der Waals surface area contributed by atoms with Gasteiger partial charge in [-0.25, -0.2) is 0 Å². The zero-order valence-electron chi connectivity index (χ0n) is 28.6. The number of furan rings is 1. The molecule has 53 heavy (non-hydrogen) atoms. The Morgan fingerprint density at radius 3 is 1.55 bits per heavy atom. The van der Waals surface area contributed by atoms with Gasteiger partial charge in [-0.05, 0) is 81.7 Å². The maximum Gasteiger partial charge on any atom is 0.260 e. The number of nitrogens with zero attached hydrogens (tertiary/aromatic N) is 1. The van der Waals surface area contributed by atoms with Gasteiger partial charge in [0.25, 0.3) is 6.71 Å². The average Bonchev–Trinajstić information content (AvgIpc) is 3.58. The lowest BCUT2D eigenvalue weighted by Crippen LogP contribution is -2.57. The molecule has 11 rings (SSSR count). The van der Waals surface area contributed by atoms with Crippen molar-refractivity contribution >= 4 is 62.1 Å². The van der Waals surface area contributed by atoms with E-state index in [1.165, 1.54) is 22.3 Å². The fourth-order valence-corrected chi connectivity index (χ4v) is 8.09. The van der Waals surface area contributed by atoms with Gasteiger partial charge in [-0.3, -0.25) is 0 Å². The van der Waals surface area contributed by atoms with E-state index >= 15 is 0 Å². The van der Waals surface area contributed by atoms with Crippen LogP contribution >= 0.6 is 0 Å². The van der Waals surface area contributed by atoms with Crippen molar-refractivity contribution in [1.29, 1.82) is 0 Å². The highest BCUT2D eigenvalue weighted by Crippen LogP contribution is 2.41. The number of anilines is 3. The summed E-state index contributed by atoms with van der Waals surface area (Å²) < 4.78 is 19.6. The summed E-state index contributed by atoms with van der Waals surface area (Å²) in [7, 11) is 0. The van der Waals surface area contributed by atoms with Crippen molar-refractivity contribution in [3.05, 3.63) is 182 Å². The predicted octanol–water partition coefficient (Wildman–Crippen LogP) is 11.1. The molecule has 9 aromatic rings. The van der Waals surface area contributed by atoms with Crippen molar-refractivity contribution in [3.8, 4) is 45.3 Å². The van der Waals surface area contributed by atoms with Crippen LogP contribution in [0.25, 0.3) is 44.2 Å². The second-order valence-corrected chi connectivity index (χ2v) is 13.7. The molecule has 0 saturated carbocycles. The summed E-state index contributed by atoms with van der Waals surface area (Å²) in [6, 6.07) is 63.8. The first kappa shape index (κ1) is 29.7. The molecule has 0 fully saturated rings. The Balaban J connectivity index is 1.05. The summed E-state index contributed by atoms with van der Waals surface area (Å²) in [5.41, 5.74) is 12.8. The van der Waals surface area contributed by atoms with Crippen LogP contribution in [0.4, 0.5) is 17.1 Å². The molecule has 4 nitrogen and oxygen atoms in total. The summed E-state index contributed by atoms with van der Waals surface area (Å²) in [6.07, 6.45) is 0. The van der Waals surface area contributed by atoms with Crippen molar-refractivity contribution in [3.63, 3.8) is 0 Å². The number of hydrogen-bond acceptors (Lipinski definition) is 4. The van der Waals surface area contributed by atoms with Crippen molar-refractivity contribution in [1.82, 2.24) is 0 Å². The van der Waals surface area contributed by atoms with Crippen LogP contribution in [0.2, 0.25) is 0 Å². The van der Waals surface area contributed by atoms with Crippen LogP contribution in [-0.2, 0) is 0 Å². The van der Waals surface area contributed by atoms with Gasteiger partial charge in [-0.1, -0.05) is 121 Å². The van der Waals surface area contributed by atoms with E-state index in [2.05, 4.69) is 150 Å². The Kier molecular flexibility index (Phi) is 6.61. The van der Waals surface area contributed by atoms with Gasteiger partial charge in [-0.15, -0.1) is 0 Å². The third kappa shape index (κ3) is 4.85. The second kappa shape index (κ2) is 11.8. The van der Waals surface area contributed by atoms with Crippen molar-refractivity contribution in [2.75, 3.05) is 4.90 Å². The smallest absolute Gasteiger partial charge is 0.260 e. The molecule has 248 valence electrons. The highest BCUT2D eigenvalue weighted by Gasteiger charge is 2.40. The maximum atomic E-state index is 6.77. The van der Waals surface area contributed by atoms with Crippen molar-refractivity contribution < 1.29 is 13.9 Å². The number of ether oxygens (including phenoxy) is 2. The Morgan fingerprint density at radius 1 is 0.358 bits per heavy atom. The first-order chi connectivity index (χ1) is 26.2. The molecule has 0 spiro atoms. The van der Waals surface area contributed by atoms with E-state index in [9.17, 15) is 0 Å². The minimum atomic E-state index is -0.0652. The molecule has 3 heterocycles.